The standard InChI is InChI=1S/C19H16O3S2/c1-21-17-8-3-2-6-14(17)13-22-19(20)16(18-9-5-11-24-18)12-15-7-4-10-23-15/h2-12H,13H2,1H3/b16-12+. The number of benzene rings is 1. The van der Waals surface area contributed by atoms with Gasteiger partial charge in [-0.3, -0.25) is 0 Å². The van der Waals surface area contributed by atoms with Gasteiger partial charge in [0.25, 0.3) is 0 Å². The van der Waals surface area contributed by atoms with E-state index in [1.54, 1.807) is 18.4 Å². The molecule has 0 fully saturated rings. The van der Waals surface area contributed by atoms with E-state index in [0.29, 0.717) is 11.3 Å². The Morgan fingerprint density at radius 2 is 1.83 bits per heavy atom. The SMILES string of the molecule is COc1ccccc1COC(=O)/C(=C/c1cccs1)c1cccs1. The fourth-order valence-corrected chi connectivity index (χ4v) is 3.61. The van der Waals surface area contributed by atoms with Gasteiger partial charge < -0.3 is 9.47 Å². The van der Waals surface area contributed by atoms with Crippen molar-refractivity contribution in [3.8, 4) is 5.75 Å². The average Bonchev–Trinajstić information content (AvgIpc) is 3.31. The smallest absolute Gasteiger partial charge is 0.339 e. The number of methoxy groups -OCH3 is 1. The molecule has 3 nitrogen and oxygen atoms in total. The normalized spacial score (nSPS) is 11.3. The minimum absolute atomic E-state index is 0.177. The number of thiophene rings is 2. The van der Waals surface area contributed by atoms with E-state index in [0.717, 1.165) is 15.3 Å². The molecule has 0 saturated carbocycles. The van der Waals surface area contributed by atoms with E-state index in [1.165, 1.54) is 11.3 Å². The van der Waals surface area contributed by atoms with Crippen molar-refractivity contribution in [2.75, 3.05) is 7.11 Å². The van der Waals surface area contributed by atoms with Gasteiger partial charge >= 0.3 is 5.97 Å². The van der Waals surface area contributed by atoms with Gasteiger partial charge in [-0.15, -0.1) is 22.7 Å². The fraction of sp³-hybridized carbons (Fsp3) is 0.105. The Morgan fingerprint density at radius 3 is 2.54 bits per heavy atom. The second kappa shape index (κ2) is 7.95. The molecule has 0 atom stereocenters. The van der Waals surface area contributed by atoms with Crippen LogP contribution in [0, 0.1) is 0 Å². The van der Waals surface area contributed by atoms with Crippen LogP contribution in [0.4, 0.5) is 0 Å². The Hall–Kier alpha value is -2.37. The molecule has 0 aliphatic heterocycles. The molecule has 122 valence electrons. The summed E-state index contributed by atoms with van der Waals surface area (Å²) in [5.74, 6) is 0.377. The Labute approximate surface area is 148 Å². The van der Waals surface area contributed by atoms with Gasteiger partial charge in [0.05, 0.1) is 12.7 Å². The summed E-state index contributed by atoms with van der Waals surface area (Å²) in [6, 6.07) is 15.3. The lowest BCUT2D eigenvalue weighted by Crippen LogP contribution is -2.07. The number of hydrogen-bond donors (Lipinski definition) is 0. The summed E-state index contributed by atoms with van der Waals surface area (Å²) in [6.45, 7) is 0.177. The molecule has 3 rings (SSSR count). The van der Waals surface area contributed by atoms with Crippen LogP contribution in [0.25, 0.3) is 11.6 Å². The maximum atomic E-state index is 12.6. The van der Waals surface area contributed by atoms with E-state index in [4.69, 9.17) is 9.47 Å². The number of hydrogen-bond acceptors (Lipinski definition) is 5. The van der Waals surface area contributed by atoms with E-state index in [1.807, 2.05) is 65.4 Å². The molecule has 5 heteroatoms. The van der Waals surface area contributed by atoms with Crippen molar-refractivity contribution in [2.45, 2.75) is 6.61 Å². The van der Waals surface area contributed by atoms with Crippen LogP contribution in [-0.4, -0.2) is 13.1 Å². The van der Waals surface area contributed by atoms with Gasteiger partial charge in [-0.1, -0.05) is 30.3 Å². The minimum atomic E-state index is -0.336. The highest BCUT2D eigenvalue weighted by Crippen LogP contribution is 2.27. The van der Waals surface area contributed by atoms with Gasteiger partial charge in [0, 0.05) is 15.3 Å². The Morgan fingerprint density at radius 1 is 1.04 bits per heavy atom. The van der Waals surface area contributed by atoms with E-state index in [2.05, 4.69) is 0 Å². The predicted octanol–water partition coefficient (Wildman–Crippen LogP) is 5.10. The van der Waals surface area contributed by atoms with Crippen molar-refractivity contribution >= 4 is 40.3 Å². The molecule has 0 spiro atoms. The zero-order valence-electron chi connectivity index (χ0n) is 13.1. The summed E-state index contributed by atoms with van der Waals surface area (Å²) in [4.78, 5) is 14.5. The molecular formula is C19H16O3S2. The molecule has 0 bridgehead atoms. The van der Waals surface area contributed by atoms with Gasteiger partial charge in [0.2, 0.25) is 0 Å². The lowest BCUT2D eigenvalue weighted by Gasteiger charge is -2.10. The lowest BCUT2D eigenvalue weighted by molar-refractivity contribution is -0.137. The third-order valence-corrected chi connectivity index (χ3v) is 5.11. The monoisotopic (exact) mass is 356 g/mol. The summed E-state index contributed by atoms with van der Waals surface area (Å²) < 4.78 is 10.8. The van der Waals surface area contributed by atoms with Gasteiger partial charge in [0.15, 0.2) is 0 Å². The van der Waals surface area contributed by atoms with Crippen molar-refractivity contribution in [1.29, 1.82) is 0 Å². The summed E-state index contributed by atoms with van der Waals surface area (Å²) >= 11 is 3.11. The molecule has 0 saturated heterocycles. The molecule has 0 amide bonds. The van der Waals surface area contributed by atoms with Crippen LogP contribution in [0.3, 0.4) is 0 Å². The first-order valence-electron chi connectivity index (χ1n) is 7.36. The average molecular weight is 356 g/mol. The van der Waals surface area contributed by atoms with Crippen molar-refractivity contribution in [3.05, 3.63) is 74.6 Å². The molecule has 0 unspecified atom stereocenters. The predicted molar refractivity (Wildman–Crippen MR) is 99.3 cm³/mol. The van der Waals surface area contributed by atoms with Crippen molar-refractivity contribution < 1.29 is 14.3 Å². The van der Waals surface area contributed by atoms with E-state index in [9.17, 15) is 4.79 Å². The van der Waals surface area contributed by atoms with Gasteiger partial charge in [0.1, 0.15) is 12.4 Å². The molecule has 2 aromatic heterocycles. The second-order valence-electron chi connectivity index (χ2n) is 4.94. The van der Waals surface area contributed by atoms with Crippen LogP contribution < -0.4 is 4.74 Å². The zero-order valence-corrected chi connectivity index (χ0v) is 14.7. The molecule has 3 aromatic rings. The van der Waals surface area contributed by atoms with E-state index in [-0.39, 0.29) is 12.6 Å². The maximum absolute atomic E-state index is 12.6. The highest BCUT2D eigenvalue weighted by atomic mass is 32.1. The van der Waals surface area contributed by atoms with Crippen molar-refractivity contribution in [1.82, 2.24) is 0 Å². The highest BCUT2D eigenvalue weighted by molar-refractivity contribution is 7.12. The molecule has 24 heavy (non-hydrogen) atoms. The number of para-hydroxylation sites is 1. The molecular weight excluding hydrogens is 340 g/mol. The van der Waals surface area contributed by atoms with Crippen LogP contribution in [0.5, 0.6) is 5.75 Å². The van der Waals surface area contributed by atoms with Crippen LogP contribution in [0.2, 0.25) is 0 Å². The van der Waals surface area contributed by atoms with Gasteiger partial charge in [-0.05, 0) is 35.0 Å². The number of esters is 1. The van der Waals surface area contributed by atoms with Gasteiger partial charge in [-0.25, -0.2) is 4.79 Å². The lowest BCUT2D eigenvalue weighted by atomic mass is 10.2. The number of carbonyl (C=O) groups is 1. The van der Waals surface area contributed by atoms with E-state index < -0.39 is 0 Å². The topological polar surface area (TPSA) is 35.5 Å². The minimum Gasteiger partial charge on any atom is -0.496 e. The number of ether oxygens (including phenoxy) is 2. The quantitative estimate of drug-likeness (QED) is 0.455. The first-order valence-corrected chi connectivity index (χ1v) is 9.12. The molecule has 0 aliphatic carbocycles. The zero-order chi connectivity index (χ0) is 16.8. The highest BCUT2D eigenvalue weighted by Gasteiger charge is 2.16. The third kappa shape index (κ3) is 3.93. The molecule has 0 radical (unpaired) electrons. The van der Waals surface area contributed by atoms with Crippen LogP contribution in [-0.2, 0) is 16.1 Å². The third-order valence-electron chi connectivity index (χ3n) is 3.39. The van der Waals surface area contributed by atoms with Crippen molar-refractivity contribution in [2.24, 2.45) is 0 Å². The summed E-state index contributed by atoms with van der Waals surface area (Å²) in [5.41, 5.74) is 1.41. The summed E-state index contributed by atoms with van der Waals surface area (Å²) in [7, 11) is 1.61. The Bertz CT molecular complexity index is 818. The van der Waals surface area contributed by atoms with Gasteiger partial charge in [-0.2, -0.15) is 0 Å². The van der Waals surface area contributed by atoms with Crippen LogP contribution >= 0.6 is 22.7 Å². The number of carbonyl (C=O) groups excluding carboxylic acids is 1. The fourth-order valence-electron chi connectivity index (χ4n) is 2.22. The van der Waals surface area contributed by atoms with Crippen LogP contribution in [0.1, 0.15) is 15.3 Å². The first-order chi connectivity index (χ1) is 11.8. The van der Waals surface area contributed by atoms with E-state index >= 15 is 0 Å². The molecule has 0 aliphatic rings. The largest absolute Gasteiger partial charge is 0.496 e. The first kappa shape index (κ1) is 16.5. The van der Waals surface area contributed by atoms with Crippen LogP contribution in [0.15, 0.2) is 59.3 Å². The molecule has 0 N–H and O–H groups in total. The second-order valence-corrected chi connectivity index (χ2v) is 6.87. The Kier molecular flexibility index (Phi) is 5.46. The Balaban J connectivity index is 1.80. The maximum Gasteiger partial charge on any atom is 0.339 e. The summed E-state index contributed by atoms with van der Waals surface area (Å²) in [6.07, 6.45) is 1.88. The molecule has 2 heterocycles. The van der Waals surface area contributed by atoms with Crippen molar-refractivity contribution in [3.63, 3.8) is 0 Å². The summed E-state index contributed by atoms with van der Waals surface area (Å²) in [5, 5.41) is 3.93. The number of rotatable bonds is 6. The molecule has 1 aromatic carbocycles.